The molecule has 5 nitrogen and oxygen atoms in total. The smallest absolute Gasteiger partial charge is 0.224 e. The number of aromatic hydroxyl groups is 1. The zero-order valence-electron chi connectivity index (χ0n) is 19.5. The van der Waals surface area contributed by atoms with E-state index in [1.165, 1.54) is 0 Å². The zero-order valence-corrected chi connectivity index (χ0v) is 21.0. The third kappa shape index (κ3) is 4.74. The van der Waals surface area contributed by atoms with E-state index in [1.54, 1.807) is 18.2 Å². The van der Waals surface area contributed by atoms with E-state index < -0.39 is 0 Å². The summed E-state index contributed by atoms with van der Waals surface area (Å²) in [6.45, 7) is 1.90. The van der Waals surface area contributed by atoms with E-state index in [9.17, 15) is 9.90 Å². The molecule has 1 aliphatic heterocycles. The lowest BCUT2D eigenvalue weighted by Gasteiger charge is -2.60. The van der Waals surface area contributed by atoms with Gasteiger partial charge in [-0.15, -0.1) is 0 Å². The van der Waals surface area contributed by atoms with E-state index >= 15 is 0 Å². The number of benzene rings is 2. The fraction of sp³-hybridized carbons (Fsp3) is 0.500. The van der Waals surface area contributed by atoms with Gasteiger partial charge in [-0.3, -0.25) is 4.79 Å². The summed E-state index contributed by atoms with van der Waals surface area (Å²) in [6.07, 6.45) is 3.65. The maximum Gasteiger partial charge on any atom is 0.224 e. The quantitative estimate of drug-likeness (QED) is 0.595. The summed E-state index contributed by atoms with van der Waals surface area (Å²) in [5, 5.41) is 14.5. The van der Waals surface area contributed by atoms with Gasteiger partial charge >= 0.3 is 0 Å². The van der Waals surface area contributed by atoms with Crippen LogP contribution < -0.4 is 5.32 Å². The summed E-state index contributed by atoms with van der Waals surface area (Å²) in [7, 11) is 6.31. The second-order valence-electron chi connectivity index (χ2n) is 10.3. The molecule has 1 aliphatic carbocycles. The summed E-state index contributed by atoms with van der Waals surface area (Å²) in [5.74, 6) is 0.235. The number of fused-ring (bicyclic) bond motifs is 1. The van der Waals surface area contributed by atoms with Gasteiger partial charge in [0.05, 0.1) is 37.1 Å². The summed E-state index contributed by atoms with van der Waals surface area (Å²) < 4.78 is 7.24. The second-order valence-corrected chi connectivity index (χ2v) is 11.1. The molecular weight excluding hydrogens is 459 g/mol. The number of nitrogens with one attached hydrogen (secondary N) is 1. The zero-order chi connectivity index (χ0) is 23.9. The fourth-order valence-corrected chi connectivity index (χ4v) is 6.43. The number of rotatable bonds is 5. The van der Waals surface area contributed by atoms with Crippen LogP contribution in [-0.4, -0.2) is 61.4 Å². The van der Waals surface area contributed by atoms with Crippen LogP contribution in [0.4, 0.5) is 0 Å². The molecule has 1 amide bonds. The van der Waals surface area contributed by atoms with Crippen LogP contribution in [0.25, 0.3) is 0 Å². The first-order chi connectivity index (χ1) is 15.6. The number of likely N-dealkylation sites (tertiary alicyclic amines) is 1. The molecule has 2 aromatic carbocycles. The van der Waals surface area contributed by atoms with E-state index in [-0.39, 0.29) is 35.1 Å². The summed E-state index contributed by atoms with van der Waals surface area (Å²) >= 11 is 12.1. The fourth-order valence-electron chi connectivity index (χ4n) is 6.11. The molecule has 4 rings (SSSR count). The van der Waals surface area contributed by atoms with Crippen LogP contribution in [0.2, 0.25) is 10.0 Å². The van der Waals surface area contributed by atoms with Crippen LogP contribution >= 0.6 is 23.2 Å². The maximum atomic E-state index is 12.9. The Bertz CT molecular complexity index is 1040. The summed E-state index contributed by atoms with van der Waals surface area (Å²) in [5.41, 5.74) is 1.29. The first-order valence-corrected chi connectivity index (χ1v) is 12.2. The van der Waals surface area contributed by atoms with E-state index in [2.05, 4.69) is 25.5 Å². The number of hydrogen-bond acceptors (Lipinski definition) is 3. The van der Waals surface area contributed by atoms with Crippen molar-refractivity contribution in [3.63, 3.8) is 0 Å². The SMILES string of the molecule is CO[C@]12CC[C@H](NC(=O)Cc3ccc(Cl)c(Cl)c3)C[C@]1(c1cccc(O)c1)CC[N+](C)(C)C2. The van der Waals surface area contributed by atoms with Crippen LogP contribution in [0.5, 0.6) is 5.75 Å². The van der Waals surface area contributed by atoms with Crippen molar-refractivity contribution in [2.24, 2.45) is 0 Å². The van der Waals surface area contributed by atoms with Gasteiger partial charge in [0.25, 0.3) is 0 Å². The minimum Gasteiger partial charge on any atom is -0.508 e. The molecular formula is C26H33Cl2N2O3+. The molecule has 0 unspecified atom stereocenters. The number of carbonyl (C=O) groups excluding carboxylic acids is 1. The van der Waals surface area contributed by atoms with E-state index in [4.69, 9.17) is 27.9 Å². The maximum absolute atomic E-state index is 12.9. The third-order valence-corrected chi connectivity index (χ3v) is 8.43. The van der Waals surface area contributed by atoms with Crippen molar-refractivity contribution in [2.75, 3.05) is 34.3 Å². The van der Waals surface area contributed by atoms with E-state index in [0.717, 1.165) is 54.4 Å². The van der Waals surface area contributed by atoms with Crippen LogP contribution in [-0.2, 0) is 21.4 Å². The number of nitrogens with zero attached hydrogens (tertiary/aromatic N) is 1. The minimum atomic E-state index is -0.354. The number of phenolic OH excluding ortho intramolecular Hbond substituents is 1. The van der Waals surface area contributed by atoms with Crippen molar-refractivity contribution in [1.29, 1.82) is 0 Å². The lowest BCUT2D eigenvalue weighted by atomic mass is 9.54. The van der Waals surface area contributed by atoms with Gasteiger partial charge in [0.2, 0.25) is 5.91 Å². The molecule has 7 heteroatoms. The molecule has 33 heavy (non-hydrogen) atoms. The van der Waals surface area contributed by atoms with Gasteiger partial charge in [0, 0.05) is 25.0 Å². The van der Waals surface area contributed by atoms with Crippen LogP contribution in [0.1, 0.15) is 36.8 Å². The van der Waals surface area contributed by atoms with Gasteiger partial charge < -0.3 is 19.6 Å². The monoisotopic (exact) mass is 491 g/mol. The average molecular weight is 492 g/mol. The molecule has 2 fully saturated rings. The molecule has 3 atom stereocenters. The Balaban J connectivity index is 1.60. The number of amides is 1. The number of piperidine rings is 1. The van der Waals surface area contributed by atoms with Crippen molar-refractivity contribution in [1.82, 2.24) is 5.32 Å². The van der Waals surface area contributed by atoms with Crippen LogP contribution in [0.3, 0.4) is 0 Å². The lowest BCUT2D eigenvalue weighted by molar-refractivity contribution is -0.905. The molecule has 1 saturated carbocycles. The molecule has 0 aromatic heterocycles. The predicted molar refractivity (Wildman–Crippen MR) is 132 cm³/mol. The van der Waals surface area contributed by atoms with Crippen LogP contribution in [0, 0.1) is 0 Å². The molecule has 1 saturated heterocycles. The largest absolute Gasteiger partial charge is 0.508 e. The Labute approximate surface area is 206 Å². The number of likely N-dealkylation sites (N-methyl/N-ethyl adjacent to an activating group) is 1. The number of methoxy groups -OCH3 is 1. The number of halogens is 2. The average Bonchev–Trinajstić information content (AvgIpc) is 2.76. The summed E-state index contributed by atoms with van der Waals surface area (Å²) in [4.78, 5) is 12.9. The van der Waals surface area contributed by atoms with Gasteiger partial charge in [-0.05, 0) is 54.7 Å². The first kappa shape index (κ1) is 24.3. The molecule has 2 aliphatic rings. The molecule has 178 valence electrons. The van der Waals surface area contributed by atoms with Crippen LogP contribution in [0.15, 0.2) is 42.5 Å². The number of hydrogen-bond donors (Lipinski definition) is 2. The topological polar surface area (TPSA) is 58.6 Å². The Morgan fingerprint density at radius 1 is 1.18 bits per heavy atom. The number of phenols is 1. The first-order valence-electron chi connectivity index (χ1n) is 11.5. The molecule has 2 N–H and O–H groups in total. The van der Waals surface area contributed by atoms with Gasteiger partial charge in [0.15, 0.2) is 0 Å². The molecule has 1 heterocycles. The highest BCUT2D eigenvalue weighted by Crippen LogP contribution is 2.54. The van der Waals surface area contributed by atoms with Gasteiger partial charge in [-0.1, -0.05) is 41.4 Å². The van der Waals surface area contributed by atoms with Crippen molar-refractivity contribution in [3.8, 4) is 5.75 Å². The minimum absolute atomic E-state index is 0.0266. The molecule has 0 spiro atoms. The van der Waals surface area contributed by atoms with Crippen molar-refractivity contribution < 1.29 is 19.1 Å². The van der Waals surface area contributed by atoms with Gasteiger partial charge in [-0.2, -0.15) is 0 Å². The third-order valence-electron chi connectivity index (χ3n) is 7.69. The Kier molecular flexibility index (Phi) is 6.71. The molecule has 0 radical (unpaired) electrons. The number of ether oxygens (including phenoxy) is 1. The highest BCUT2D eigenvalue weighted by molar-refractivity contribution is 6.42. The van der Waals surface area contributed by atoms with Gasteiger partial charge in [0.1, 0.15) is 17.9 Å². The Morgan fingerprint density at radius 2 is 1.97 bits per heavy atom. The second kappa shape index (κ2) is 9.10. The predicted octanol–water partition coefficient (Wildman–Crippen LogP) is 4.71. The van der Waals surface area contributed by atoms with Crippen molar-refractivity contribution >= 4 is 29.1 Å². The van der Waals surface area contributed by atoms with Gasteiger partial charge in [-0.25, -0.2) is 0 Å². The normalized spacial score (nSPS) is 28.7. The number of carbonyl (C=O) groups is 1. The van der Waals surface area contributed by atoms with Crippen molar-refractivity contribution in [3.05, 3.63) is 63.6 Å². The lowest BCUT2D eigenvalue weighted by Crippen LogP contribution is -2.71. The Morgan fingerprint density at radius 3 is 2.67 bits per heavy atom. The Hall–Kier alpha value is -1.79. The van der Waals surface area contributed by atoms with E-state index in [0.29, 0.717) is 10.0 Å². The number of quaternary nitrogens is 1. The highest BCUT2D eigenvalue weighted by atomic mass is 35.5. The highest BCUT2D eigenvalue weighted by Gasteiger charge is 2.62. The molecule has 0 bridgehead atoms. The summed E-state index contributed by atoms with van der Waals surface area (Å²) in [6, 6.07) is 12.9. The molecule has 2 aromatic rings. The standard InChI is InChI=1S/C26H32Cl2N2O3/c1-30(2)12-11-25(19-5-4-6-21(31)15-19)16-20(9-10-26(25,17-30)33-3)29-24(32)14-18-7-8-22(27)23(28)13-18/h4-8,13,15,20H,9-12,14,16-17H2,1-3H3,(H-,29,31,32)/p+1/t20-,25-,26-/m0/s1. The van der Waals surface area contributed by atoms with Crippen molar-refractivity contribution in [2.45, 2.75) is 49.2 Å². The van der Waals surface area contributed by atoms with E-state index in [1.807, 2.05) is 25.3 Å².